The molecule has 0 saturated carbocycles. The standard InChI is InChI=1S/C14H19NO3/c1-11(15-16)9-12-4-6-13(7-5-12)18-10-14-3-2-8-17-14/h4-7,14,16H,2-3,8-10H2,1H3/b15-11-. The van der Waals surface area contributed by atoms with E-state index in [1.165, 1.54) is 0 Å². The fourth-order valence-electron chi connectivity index (χ4n) is 2.00. The van der Waals surface area contributed by atoms with Gasteiger partial charge in [-0.1, -0.05) is 17.3 Å². The molecule has 4 heteroatoms. The number of nitrogens with zero attached hydrogens (tertiary/aromatic N) is 1. The molecule has 4 nitrogen and oxygen atoms in total. The summed E-state index contributed by atoms with van der Waals surface area (Å²) in [5.41, 5.74) is 1.80. The van der Waals surface area contributed by atoms with Gasteiger partial charge >= 0.3 is 0 Å². The van der Waals surface area contributed by atoms with Crippen molar-refractivity contribution in [3.8, 4) is 5.75 Å². The maximum Gasteiger partial charge on any atom is 0.119 e. The number of ether oxygens (including phenoxy) is 2. The highest BCUT2D eigenvalue weighted by Crippen LogP contribution is 2.16. The van der Waals surface area contributed by atoms with Gasteiger partial charge in [0.05, 0.1) is 11.8 Å². The third-order valence-corrected chi connectivity index (χ3v) is 3.01. The molecule has 1 aliphatic rings. The Kier molecular flexibility index (Phi) is 4.59. The number of rotatable bonds is 5. The molecule has 1 aromatic rings. The highest BCUT2D eigenvalue weighted by atomic mass is 16.5. The minimum Gasteiger partial charge on any atom is -0.491 e. The van der Waals surface area contributed by atoms with Gasteiger partial charge in [0.25, 0.3) is 0 Å². The molecule has 1 saturated heterocycles. The fourth-order valence-corrected chi connectivity index (χ4v) is 2.00. The Morgan fingerprint density at radius 2 is 2.22 bits per heavy atom. The number of benzene rings is 1. The van der Waals surface area contributed by atoms with Crippen molar-refractivity contribution < 1.29 is 14.7 Å². The van der Waals surface area contributed by atoms with E-state index in [0.717, 1.165) is 30.8 Å². The van der Waals surface area contributed by atoms with E-state index in [0.29, 0.717) is 18.7 Å². The second kappa shape index (κ2) is 6.40. The highest BCUT2D eigenvalue weighted by Gasteiger charge is 2.15. The summed E-state index contributed by atoms with van der Waals surface area (Å²) in [5.74, 6) is 0.854. The van der Waals surface area contributed by atoms with Crippen LogP contribution in [0.25, 0.3) is 0 Å². The van der Waals surface area contributed by atoms with Gasteiger partial charge in [0.2, 0.25) is 0 Å². The minimum atomic E-state index is 0.244. The van der Waals surface area contributed by atoms with E-state index in [9.17, 15) is 0 Å². The quantitative estimate of drug-likeness (QED) is 0.496. The van der Waals surface area contributed by atoms with Crippen LogP contribution in [0.15, 0.2) is 29.4 Å². The van der Waals surface area contributed by atoms with Crippen molar-refractivity contribution in [2.45, 2.75) is 32.3 Å². The van der Waals surface area contributed by atoms with Gasteiger partial charge in [-0.25, -0.2) is 0 Å². The Morgan fingerprint density at radius 1 is 1.44 bits per heavy atom. The van der Waals surface area contributed by atoms with Crippen LogP contribution in [0.5, 0.6) is 5.75 Å². The summed E-state index contributed by atoms with van der Waals surface area (Å²) < 4.78 is 11.2. The molecule has 0 radical (unpaired) electrons. The van der Waals surface area contributed by atoms with Crippen molar-refractivity contribution in [1.82, 2.24) is 0 Å². The second-order valence-corrected chi connectivity index (χ2v) is 4.60. The summed E-state index contributed by atoms with van der Waals surface area (Å²) in [6.07, 6.45) is 3.12. The van der Waals surface area contributed by atoms with Gasteiger partial charge < -0.3 is 14.7 Å². The molecule has 0 spiro atoms. The number of oxime groups is 1. The first-order chi connectivity index (χ1) is 8.78. The fraction of sp³-hybridized carbons (Fsp3) is 0.500. The molecular formula is C14H19NO3. The van der Waals surface area contributed by atoms with Crippen LogP contribution in [0.4, 0.5) is 0 Å². The molecule has 1 N–H and O–H groups in total. The van der Waals surface area contributed by atoms with Gasteiger partial charge in [0.1, 0.15) is 12.4 Å². The van der Waals surface area contributed by atoms with Crippen molar-refractivity contribution in [2.75, 3.05) is 13.2 Å². The van der Waals surface area contributed by atoms with Crippen LogP contribution in [0, 0.1) is 0 Å². The van der Waals surface area contributed by atoms with Crippen LogP contribution < -0.4 is 4.74 Å². The number of hydrogen-bond acceptors (Lipinski definition) is 4. The summed E-state index contributed by atoms with van der Waals surface area (Å²) in [7, 11) is 0. The van der Waals surface area contributed by atoms with E-state index in [4.69, 9.17) is 14.7 Å². The van der Waals surface area contributed by atoms with E-state index >= 15 is 0 Å². The monoisotopic (exact) mass is 249 g/mol. The van der Waals surface area contributed by atoms with Crippen LogP contribution in [-0.2, 0) is 11.2 Å². The third-order valence-electron chi connectivity index (χ3n) is 3.01. The van der Waals surface area contributed by atoms with E-state index in [-0.39, 0.29) is 6.10 Å². The molecular weight excluding hydrogens is 230 g/mol. The Bertz CT molecular complexity index is 394. The van der Waals surface area contributed by atoms with Crippen LogP contribution >= 0.6 is 0 Å². The lowest BCUT2D eigenvalue weighted by Crippen LogP contribution is -2.16. The van der Waals surface area contributed by atoms with Gasteiger partial charge in [-0.2, -0.15) is 0 Å². The maximum atomic E-state index is 8.61. The van der Waals surface area contributed by atoms with Crippen molar-refractivity contribution in [3.05, 3.63) is 29.8 Å². The second-order valence-electron chi connectivity index (χ2n) is 4.60. The van der Waals surface area contributed by atoms with Crippen LogP contribution in [-0.4, -0.2) is 30.2 Å². The lowest BCUT2D eigenvalue weighted by atomic mass is 10.1. The summed E-state index contributed by atoms with van der Waals surface area (Å²) in [5, 5.41) is 11.8. The largest absolute Gasteiger partial charge is 0.491 e. The van der Waals surface area contributed by atoms with Crippen molar-refractivity contribution >= 4 is 5.71 Å². The van der Waals surface area contributed by atoms with Gasteiger partial charge in [-0.05, 0) is 37.5 Å². The Morgan fingerprint density at radius 3 is 2.83 bits per heavy atom. The Hall–Kier alpha value is -1.55. The summed E-state index contributed by atoms with van der Waals surface area (Å²) in [4.78, 5) is 0. The van der Waals surface area contributed by atoms with E-state index in [1.54, 1.807) is 6.92 Å². The summed E-state index contributed by atoms with van der Waals surface area (Å²) in [6.45, 7) is 3.27. The van der Waals surface area contributed by atoms with Gasteiger partial charge in [0, 0.05) is 13.0 Å². The first-order valence-electron chi connectivity index (χ1n) is 6.29. The van der Waals surface area contributed by atoms with E-state index in [1.807, 2.05) is 24.3 Å². The maximum absolute atomic E-state index is 8.61. The van der Waals surface area contributed by atoms with Gasteiger partial charge in [-0.15, -0.1) is 0 Å². The third kappa shape index (κ3) is 3.74. The molecule has 0 bridgehead atoms. The Labute approximate surface area is 107 Å². The van der Waals surface area contributed by atoms with Crippen LogP contribution in [0.1, 0.15) is 25.3 Å². The first-order valence-corrected chi connectivity index (χ1v) is 6.29. The van der Waals surface area contributed by atoms with E-state index in [2.05, 4.69) is 5.16 Å². The van der Waals surface area contributed by atoms with E-state index < -0.39 is 0 Å². The molecule has 0 aliphatic carbocycles. The smallest absolute Gasteiger partial charge is 0.119 e. The molecule has 1 heterocycles. The topological polar surface area (TPSA) is 51.0 Å². The lowest BCUT2D eigenvalue weighted by molar-refractivity contribution is 0.0679. The number of hydrogen-bond donors (Lipinski definition) is 1. The summed E-state index contributed by atoms with van der Waals surface area (Å²) >= 11 is 0. The first kappa shape index (κ1) is 12.9. The molecule has 98 valence electrons. The normalized spacial score (nSPS) is 20.1. The zero-order chi connectivity index (χ0) is 12.8. The van der Waals surface area contributed by atoms with Crippen LogP contribution in [0.3, 0.4) is 0 Å². The minimum absolute atomic E-state index is 0.244. The molecule has 2 rings (SSSR count). The Balaban J connectivity index is 1.83. The van der Waals surface area contributed by atoms with Crippen molar-refractivity contribution in [2.24, 2.45) is 5.16 Å². The molecule has 0 amide bonds. The van der Waals surface area contributed by atoms with Crippen LogP contribution in [0.2, 0.25) is 0 Å². The van der Waals surface area contributed by atoms with Crippen molar-refractivity contribution in [1.29, 1.82) is 0 Å². The average Bonchev–Trinajstić information content (AvgIpc) is 2.91. The molecule has 1 aromatic carbocycles. The molecule has 1 atom stereocenters. The molecule has 1 fully saturated rings. The van der Waals surface area contributed by atoms with Gasteiger partial charge in [-0.3, -0.25) is 0 Å². The SMILES string of the molecule is C/C(Cc1ccc(OCC2CCCO2)cc1)=N/O. The molecule has 1 aliphatic heterocycles. The van der Waals surface area contributed by atoms with Gasteiger partial charge in [0.15, 0.2) is 0 Å². The summed E-state index contributed by atoms with van der Waals surface area (Å²) in [6, 6.07) is 7.85. The zero-order valence-electron chi connectivity index (χ0n) is 10.6. The van der Waals surface area contributed by atoms with Crippen molar-refractivity contribution in [3.63, 3.8) is 0 Å². The zero-order valence-corrected chi connectivity index (χ0v) is 10.6. The molecule has 1 unspecified atom stereocenters. The molecule has 0 aromatic heterocycles. The predicted molar refractivity (Wildman–Crippen MR) is 69.5 cm³/mol. The lowest BCUT2D eigenvalue weighted by Gasteiger charge is -2.11. The predicted octanol–water partition coefficient (Wildman–Crippen LogP) is 2.64. The highest BCUT2D eigenvalue weighted by molar-refractivity contribution is 5.83. The average molecular weight is 249 g/mol. The molecule has 18 heavy (non-hydrogen) atoms.